The second-order valence-corrected chi connectivity index (χ2v) is 7.18. The van der Waals surface area contributed by atoms with E-state index in [2.05, 4.69) is 27.1 Å². The number of aromatic nitrogens is 2. The van der Waals surface area contributed by atoms with Crippen molar-refractivity contribution in [2.24, 2.45) is 5.92 Å². The highest BCUT2D eigenvalue weighted by molar-refractivity contribution is 5.76. The van der Waals surface area contributed by atoms with Crippen molar-refractivity contribution in [3.05, 3.63) is 18.5 Å². The third kappa shape index (κ3) is 4.91. The summed E-state index contributed by atoms with van der Waals surface area (Å²) in [5.41, 5.74) is 0. The third-order valence-corrected chi connectivity index (χ3v) is 5.65. The highest BCUT2D eigenvalue weighted by Gasteiger charge is 2.25. The molecule has 1 aromatic rings. The summed E-state index contributed by atoms with van der Waals surface area (Å²) < 4.78 is 0. The summed E-state index contributed by atoms with van der Waals surface area (Å²) in [5.74, 6) is 1.82. The SMILES string of the molecule is CC[C@@H]1CCCC[C@@H]1NCCC(=O)N1CCN(c2ncccn2)CC1. The normalized spacial score (nSPS) is 24.4. The summed E-state index contributed by atoms with van der Waals surface area (Å²) >= 11 is 0. The number of hydrogen-bond acceptors (Lipinski definition) is 5. The summed E-state index contributed by atoms with van der Waals surface area (Å²) in [6.07, 6.45) is 10.7. The van der Waals surface area contributed by atoms with Crippen LogP contribution in [0.1, 0.15) is 45.4 Å². The Balaban J connectivity index is 1.38. The van der Waals surface area contributed by atoms with E-state index < -0.39 is 0 Å². The molecule has 1 aliphatic carbocycles. The van der Waals surface area contributed by atoms with Crippen molar-refractivity contribution in [1.82, 2.24) is 20.2 Å². The minimum absolute atomic E-state index is 0.269. The van der Waals surface area contributed by atoms with Gasteiger partial charge in [0, 0.05) is 57.6 Å². The highest BCUT2D eigenvalue weighted by Crippen LogP contribution is 2.26. The van der Waals surface area contributed by atoms with Crippen LogP contribution in [0.3, 0.4) is 0 Å². The van der Waals surface area contributed by atoms with Gasteiger partial charge in [0.05, 0.1) is 0 Å². The van der Waals surface area contributed by atoms with Gasteiger partial charge in [0.1, 0.15) is 0 Å². The highest BCUT2D eigenvalue weighted by atomic mass is 16.2. The van der Waals surface area contributed by atoms with E-state index in [1.54, 1.807) is 12.4 Å². The van der Waals surface area contributed by atoms with Crippen molar-refractivity contribution in [2.75, 3.05) is 37.6 Å². The van der Waals surface area contributed by atoms with Gasteiger partial charge in [0.25, 0.3) is 0 Å². The quantitative estimate of drug-likeness (QED) is 0.855. The van der Waals surface area contributed by atoms with E-state index >= 15 is 0 Å². The molecule has 1 aliphatic heterocycles. The van der Waals surface area contributed by atoms with E-state index in [1.807, 2.05) is 11.0 Å². The van der Waals surface area contributed by atoms with E-state index in [0.29, 0.717) is 12.5 Å². The predicted octanol–water partition coefficient (Wildman–Crippen LogP) is 2.07. The molecule has 2 aliphatic rings. The molecular formula is C19H31N5O. The number of carbonyl (C=O) groups is 1. The number of piperazine rings is 1. The Bertz CT molecular complexity index is 530. The first kappa shape index (κ1) is 18.1. The molecular weight excluding hydrogens is 314 g/mol. The summed E-state index contributed by atoms with van der Waals surface area (Å²) in [6.45, 7) is 6.23. The van der Waals surface area contributed by atoms with Crippen LogP contribution in [-0.2, 0) is 4.79 Å². The van der Waals surface area contributed by atoms with Crippen molar-refractivity contribution in [1.29, 1.82) is 0 Å². The molecule has 0 bridgehead atoms. The molecule has 1 aromatic heterocycles. The number of hydrogen-bond donors (Lipinski definition) is 1. The maximum atomic E-state index is 12.5. The Morgan fingerprint density at radius 2 is 1.88 bits per heavy atom. The first-order valence-electron chi connectivity index (χ1n) is 9.81. The van der Waals surface area contributed by atoms with Crippen LogP contribution >= 0.6 is 0 Å². The molecule has 3 rings (SSSR count). The average molecular weight is 345 g/mol. The van der Waals surface area contributed by atoms with E-state index in [-0.39, 0.29) is 5.91 Å². The number of nitrogens with one attached hydrogen (secondary N) is 1. The molecule has 2 heterocycles. The molecule has 2 fully saturated rings. The van der Waals surface area contributed by atoms with Crippen LogP contribution in [0.15, 0.2) is 18.5 Å². The van der Waals surface area contributed by atoms with Crippen LogP contribution in [0.5, 0.6) is 0 Å². The molecule has 1 amide bonds. The fourth-order valence-electron chi connectivity index (χ4n) is 4.10. The van der Waals surface area contributed by atoms with Crippen molar-refractivity contribution in [2.45, 2.75) is 51.5 Å². The van der Waals surface area contributed by atoms with Crippen molar-refractivity contribution >= 4 is 11.9 Å². The Hall–Kier alpha value is -1.69. The van der Waals surface area contributed by atoms with Crippen molar-refractivity contribution in [3.63, 3.8) is 0 Å². The summed E-state index contributed by atoms with van der Waals surface area (Å²) in [7, 11) is 0. The number of carbonyl (C=O) groups excluding carboxylic acids is 1. The van der Waals surface area contributed by atoms with Gasteiger partial charge in [-0.15, -0.1) is 0 Å². The first-order valence-corrected chi connectivity index (χ1v) is 9.81. The Kier molecular flexibility index (Phi) is 6.62. The second kappa shape index (κ2) is 9.13. The molecule has 0 aromatic carbocycles. The molecule has 6 nitrogen and oxygen atoms in total. The number of nitrogens with zero attached hydrogens (tertiary/aromatic N) is 4. The van der Waals surface area contributed by atoms with Gasteiger partial charge in [-0.2, -0.15) is 0 Å². The third-order valence-electron chi connectivity index (χ3n) is 5.65. The van der Waals surface area contributed by atoms with E-state index in [4.69, 9.17) is 0 Å². The zero-order valence-corrected chi connectivity index (χ0v) is 15.4. The van der Waals surface area contributed by atoms with Crippen LogP contribution in [0.4, 0.5) is 5.95 Å². The van der Waals surface area contributed by atoms with Crippen LogP contribution < -0.4 is 10.2 Å². The molecule has 6 heteroatoms. The van der Waals surface area contributed by atoms with Gasteiger partial charge < -0.3 is 15.1 Å². The van der Waals surface area contributed by atoms with Crippen LogP contribution in [0.25, 0.3) is 0 Å². The summed E-state index contributed by atoms with van der Waals surface area (Å²) in [6, 6.07) is 2.43. The maximum Gasteiger partial charge on any atom is 0.225 e. The van der Waals surface area contributed by atoms with Crippen LogP contribution in [0.2, 0.25) is 0 Å². The van der Waals surface area contributed by atoms with Gasteiger partial charge in [-0.1, -0.05) is 26.2 Å². The maximum absolute atomic E-state index is 12.5. The molecule has 25 heavy (non-hydrogen) atoms. The smallest absolute Gasteiger partial charge is 0.225 e. The fraction of sp³-hybridized carbons (Fsp3) is 0.737. The molecule has 0 unspecified atom stereocenters. The Morgan fingerprint density at radius 1 is 1.16 bits per heavy atom. The molecule has 1 saturated carbocycles. The molecule has 1 saturated heterocycles. The van der Waals surface area contributed by atoms with Gasteiger partial charge in [0.2, 0.25) is 11.9 Å². The number of anilines is 1. The Labute approximate surface area is 151 Å². The van der Waals surface area contributed by atoms with E-state index in [1.165, 1.54) is 32.1 Å². The predicted molar refractivity (Wildman–Crippen MR) is 99.5 cm³/mol. The molecule has 2 atom stereocenters. The van der Waals surface area contributed by atoms with Crippen LogP contribution in [0, 0.1) is 5.92 Å². The lowest BCUT2D eigenvalue weighted by atomic mass is 9.83. The lowest BCUT2D eigenvalue weighted by molar-refractivity contribution is -0.131. The van der Waals surface area contributed by atoms with Gasteiger partial charge >= 0.3 is 0 Å². The largest absolute Gasteiger partial charge is 0.339 e. The Morgan fingerprint density at radius 3 is 2.60 bits per heavy atom. The molecule has 1 N–H and O–H groups in total. The fourth-order valence-corrected chi connectivity index (χ4v) is 4.10. The summed E-state index contributed by atoms with van der Waals surface area (Å²) in [5, 5.41) is 3.65. The standard InChI is InChI=1S/C19H31N5O/c1-2-16-6-3-4-7-17(16)20-11-8-18(25)23-12-14-24(15-13-23)19-21-9-5-10-22-19/h5,9-10,16-17,20H,2-4,6-8,11-15H2,1H3/t16-,17+/m1/s1. The number of rotatable bonds is 6. The number of amides is 1. The first-order chi connectivity index (χ1) is 12.3. The average Bonchev–Trinajstić information content (AvgIpc) is 2.69. The monoisotopic (exact) mass is 345 g/mol. The molecule has 138 valence electrons. The van der Waals surface area contributed by atoms with Gasteiger partial charge in [0.15, 0.2) is 0 Å². The second-order valence-electron chi connectivity index (χ2n) is 7.18. The van der Waals surface area contributed by atoms with Gasteiger partial charge in [-0.25, -0.2) is 9.97 Å². The minimum Gasteiger partial charge on any atom is -0.339 e. The minimum atomic E-state index is 0.269. The zero-order valence-electron chi connectivity index (χ0n) is 15.4. The lowest BCUT2D eigenvalue weighted by Gasteiger charge is -2.35. The summed E-state index contributed by atoms with van der Waals surface area (Å²) in [4.78, 5) is 25.2. The van der Waals surface area contributed by atoms with Gasteiger partial charge in [-0.3, -0.25) is 4.79 Å². The van der Waals surface area contributed by atoms with E-state index in [0.717, 1.165) is 44.6 Å². The lowest BCUT2D eigenvalue weighted by Crippen LogP contribution is -2.50. The van der Waals surface area contributed by atoms with Crippen molar-refractivity contribution < 1.29 is 4.79 Å². The topological polar surface area (TPSA) is 61.4 Å². The van der Waals surface area contributed by atoms with Gasteiger partial charge in [-0.05, 0) is 24.8 Å². The molecule has 0 spiro atoms. The zero-order chi connectivity index (χ0) is 17.5. The van der Waals surface area contributed by atoms with Crippen molar-refractivity contribution in [3.8, 4) is 0 Å². The van der Waals surface area contributed by atoms with Crippen LogP contribution in [-0.4, -0.2) is 59.5 Å². The molecule has 0 radical (unpaired) electrons. The van der Waals surface area contributed by atoms with E-state index in [9.17, 15) is 4.79 Å².